The van der Waals surface area contributed by atoms with E-state index in [4.69, 9.17) is 0 Å². The summed E-state index contributed by atoms with van der Waals surface area (Å²) in [5, 5.41) is 10.1. The van der Waals surface area contributed by atoms with E-state index in [0.29, 0.717) is 5.82 Å². The Morgan fingerprint density at radius 3 is 2.71 bits per heavy atom. The second-order valence-electron chi connectivity index (χ2n) is 3.56. The molecule has 1 heterocycles. The molecule has 3 nitrogen and oxygen atoms in total. The van der Waals surface area contributed by atoms with E-state index in [1.165, 1.54) is 12.3 Å². The van der Waals surface area contributed by atoms with Crippen molar-refractivity contribution in [1.29, 1.82) is 0 Å². The Balaban J connectivity index is 2.48. The quantitative estimate of drug-likeness (QED) is 0.866. The number of halogens is 3. The van der Waals surface area contributed by atoms with Gasteiger partial charge in [-0.25, -0.2) is 13.8 Å². The first-order valence-corrected chi connectivity index (χ1v) is 5.60. The molecule has 1 atom stereocenters. The third-order valence-corrected chi connectivity index (χ3v) is 3.27. The third-order valence-electron chi connectivity index (χ3n) is 2.46. The third kappa shape index (κ3) is 2.10. The van der Waals surface area contributed by atoms with Crippen LogP contribution in [0, 0.1) is 11.6 Å². The minimum atomic E-state index is -1.11. The molecule has 2 rings (SSSR count). The maximum atomic E-state index is 13.3. The van der Waals surface area contributed by atoms with Crippen LogP contribution in [0.3, 0.4) is 0 Å². The predicted octanol–water partition coefficient (Wildman–Crippen LogP) is 2.54. The molecule has 0 aliphatic heterocycles. The van der Waals surface area contributed by atoms with Gasteiger partial charge < -0.3 is 9.67 Å². The fourth-order valence-corrected chi connectivity index (χ4v) is 2.07. The summed E-state index contributed by atoms with van der Waals surface area (Å²) in [5.41, 5.74) is 0.234. The van der Waals surface area contributed by atoms with Crippen LogP contribution in [0.5, 0.6) is 0 Å². The van der Waals surface area contributed by atoms with Gasteiger partial charge in [-0.05, 0) is 22.0 Å². The topological polar surface area (TPSA) is 38.0 Å². The SMILES string of the molecule is Cn1ccnc1C(O)c1ccc(F)c(F)c1Br. The lowest BCUT2D eigenvalue weighted by Crippen LogP contribution is -2.08. The van der Waals surface area contributed by atoms with E-state index in [9.17, 15) is 13.9 Å². The van der Waals surface area contributed by atoms with Crippen LogP contribution in [0.25, 0.3) is 0 Å². The van der Waals surface area contributed by atoms with E-state index < -0.39 is 17.7 Å². The first-order chi connectivity index (χ1) is 8.02. The number of aromatic nitrogens is 2. The second-order valence-corrected chi connectivity index (χ2v) is 4.36. The molecule has 17 heavy (non-hydrogen) atoms. The molecule has 1 aromatic heterocycles. The largest absolute Gasteiger partial charge is 0.380 e. The number of aryl methyl sites for hydroxylation is 1. The first-order valence-electron chi connectivity index (χ1n) is 4.81. The fourth-order valence-electron chi connectivity index (χ4n) is 1.53. The maximum Gasteiger partial charge on any atom is 0.173 e. The standard InChI is InChI=1S/C11H9BrF2N2O/c1-16-5-4-15-11(16)10(17)6-2-3-7(13)9(14)8(6)12/h2-5,10,17H,1H3. The van der Waals surface area contributed by atoms with Gasteiger partial charge in [0.1, 0.15) is 11.9 Å². The van der Waals surface area contributed by atoms with Crippen molar-refractivity contribution in [3.05, 3.63) is 52.0 Å². The lowest BCUT2D eigenvalue weighted by atomic mass is 10.1. The Labute approximate surface area is 105 Å². The molecule has 0 bridgehead atoms. The molecule has 2 aromatic rings. The van der Waals surface area contributed by atoms with Gasteiger partial charge in [-0.3, -0.25) is 0 Å². The van der Waals surface area contributed by atoms with Crippen LogP contribution in [-0.4, -0.2) is 14.7 Å². The second kappa shape index (κ2) is 4.54. The molecule has 1 unspecified atom stereocenters. The van der Waals surface area contributed by atoms with Crippen molar-refractivity contribution in [1.82, 2.24) is 9.55 Å². The minimum absolute atomic E-state index is 0.0898. The summed E-state index contributed by atoms with van der Waals surface area (Å²) in [4.78, 5) is 3.96. The Morgan fingerprint density at radius 1 is 1.41 bits per heavy atom. The zero-order chi connectivity index (χ0) is 12.6. The Kier molecular flexibility index (Phi) is 3.26. The van der Waals surface area contributed by atoms with Gasteiger partial charge in [-0.1, -0.05) is 6.07 Å². The molecule has 6 heteroatoms. The summed E-state index contributed by atoms with van der Waals surface area (Å²) < 4.78 is 27.8. The maximum absolute atomic E-state index is 13.3. The molecule has 0 amide bonds. The van der Waals surface area contributed by atoms with Gasteiger partial charge in [0.2, 0.25) is 0 Å². The molecule has 0 spiro atoms. The van der Waals surface area contributed by atoms with Crippen LogP contribution >= 0.6 is 15.9 Å². The molecule has 0 saturated heterocycles. The number of aliphatic hydroxyl groups excluding tert-OH is 1. The van der Waals surface area contributed by atoms with Crippen molar-refractivity contribution in [2.45, 2.75) is 6.10 Å². The molecule has 0 radical (unpaired) electrons. The number of imidazole rings is 1. The molecule has 90 valence electrons. The smallest absolute Gasteiger partial charge is 0.173 e. The lowest BCUT2D eigenvalue weighted by molar-refractivity contribution is 0.204. The van der Waals surface area contributed by atoms with Gasteiger partial charge in [0.15, 0.2) is 11.6 Å². The first kappa shape index (κ1) is 12.2. The van der Waals surface area contributed by atoms with Gasteiger partial charge in [-0.15, -0.1) is 0 Å². The van der Waals surface area contributed by atoms with Crippen LogP contribution in [0.4, 0.5) is 8.78 Å². The molecule has 0 aliphatic carbocycles. The molecular formula is C11H9BrF2N2O. The summed E-state index contributed by atoms with van der Waals surface area (Å²) in [5.74, 6) is -1.62. The predicted molar refractivity (Wildman–Crippen MR) is 61.3 cm³/mol. The van der Waals surface area contributed by atoms with Crippen molar-refractivity contribution < 1.29 is 13.9 Å². The van der Waals surface area contributed by atoms with E-state index in [0.717, 1.165) is 6.07 Å². The summed E-state index contributed by atoms with van der Waals surface area (Å²) in [6.45, 7) is 0. The van der Waals surface area contributed by atoms with E-state index in [1.54, 1.807) is 17.8 Å². The molecular weight excluding hydrogens is 294 g/mol. The summed E-state index contributed by atoms with van der Waals surface area (Å²) in [7, 11) is 1.71. The van der Waals surface area contributed by atoms with Gasteiger partial charge in [0.05, 0.1) is 4.47 Å². The van der Waals surface area contributed by atoms with Gasteiger partial charge in [0.25, 0.3) is 0 Å². The molecule has 0 fully saturated rings. The Bertz CT molecular complexity index is 556. The van der Waals surface area contributed by atoms with Crippen molar-refractivity contribution >= 4 is 15.9 Å². The fraction of sp³-hybridized carbons (Fsp3) is 0.182. The number of benzene rings is 1. The number of nitrogens with zero attached hydrogens (tertiary/aromatic N) is 2. The van der Waals surface area contributed by atoms with Crippen molar-refractivity contribution in [2.75, 3.05) is 0 Å². The zero-order valence-electron chi connectivity index (χ0n) is 8.86. The minimum Gasteiger partial charge on any atom is -0.380 e. The number of aliphatic hydroxyl groups is 1. The van der Waals surface area contributed by atoms with Crippen LogP contribution < -0.4 is 0 Å². The van der Waals surface area contributed by atoms with Crippen molar-refractivity contribution in [3.63, 3.8) is 0 Å². The monoisotopic (exact) mass is 302 g/mol. The van der Waals surface area contributed by atoms with Crippen LogP contribution in [0.1, 0.15) is 17.5 Å². The lowest BCUT2D eigenvalue weighted by Gasteiger charge is -2.13. The number of hydrogen-bond donors (Lipinski definition) is 1. The Hall–Kier alpha value is -1.27. The molecule has 0 aliphatic rings. The number of hydrogen-bond acceptors (Lipinski definition) is 2. The molecule has 1 N–H and O–H groups in total. The highest BCUT2D eigenvalue weighted by Crippen LogP contribution is 2.30. The zero-order valence-corrected chi connectivity index (χ0v) is 10.4. The van der Waals surface area contributed by atoms with Gasteiger partial charge in [0, 0.05) is 25.0 Å². The van der Waals surface area contributed by atoms with E-state index in [1.807, 2.05) is 0 Å². The highest BCUT2D eigenvalue weighted by atomic mass is 79.9. The average Bonchev–Trinajstić information content (AvgIpc) is 2.72. The highest BCUT2D eigenvalue weighted by Gasteiger charge is 2.21. The normalized spacial score (nSPS) is 12.8. The van der Waals surface area contributed by atoms with Gasteiger partial charge in [-0.2, -0.15) is 0 Å². The number of rotatable bonds is 2. The van der Waals surface area contributed by atoms with Crippen LogP contribution in [0.2, 0.25) is 0 Å². The average molecular weight is 303 g/mol. The Morgan fingerprint density at radius 2 is 2.12 bits per heavy atom. The molecule has 1 aromatic carbocycles. The van der Waals surface area contributed by atoms with Gasteiger partial charge >= 0.3 is 0 Å². The van der Waals surface area contributed by atoms with Crippen molar-refractivity contribution in [3.8, 4) is 0 Å². The van der Waals surface area contributed by atoms with E-state index >= 15 is 0 Å². The van der Waals surface area contributed by atoms with Crippen LogP contribution in [-0.2, 0) is 7.05 Å². The molecule has 0 saturated carbocycles. The van der Waals surface area contributed by atoms with E-state index in [2.05, 4.69) is 20.9 Å². The highest BCUT2D eigenvalue weighted by molar-refractivity contribution is 9.10. The summed E-state index contributed by atoms with van der Waals surface area (Å²) in [6.07, 6.45) is 2.07. The summed E-state index contributed by atoms with van der Waals surface area (Å²) >= 11 is 2.93. The van der Waals surface area contributed by atoms with Crippen LogP contribution in [0.15, 0.2) is 29.0 Å². The van der Waals surface area contributed by atoms with Crippen molar-refractivity contribution in [2.24, 2.45) is 7.05 Å². The summed E-state index contributed by atoms with van der Waals surface area (Å²) in [6, 6.07) is 2.30. The van der Waals surface area contributed by atoms with E-state index in [-0.39, 0.29) is 10.0 Å².